The van der Waals surface area contributed by atoms with E-state index in [4.69, 9.17) is 21.1 Å². The summed E-state index contributed by atoms with van der Waals surface area (Å²) in [6.45, 7) is 1.70. The minimum atomic E-state index is -0.276. The van der Waals surface area contributed by atoms with Crippen molar-refractivity contribution in [3.05, 3.63) is 63.8 Å². The van der Waals surface area contributed by atoms with Crippen molar-refractivity contribution in [2.24, 2.45) is 0 Å². The summed E-state index contributed by atoms with van der Waals surface area (Å²) >= 11 is 6.48. The number of aromatic nitrogens is 2. The molecular weight excluding hydrogens is 508 g/mol. The van der Waals surface area contributed by atoms with Crippen molar-refractivity contribution in [3.8, 4) is 23.4 Å². The second-order valence-corrected chi connectivity index (χ2v) is 9.40. The molecule has 1 amide bonds. The minimum Gasteiger partial charge on any atom is -0.495 e. The number of nitrogens with zero attached hydrogens (tertiary/aromatic N) is 3. The van der Waals surface area contributed by atoms with Crippen molar-refractivity contribution in [1.29, 1.82) is 5.26 Å². The van der Waals surface area contributed by atoms with E-state index in [1.807, 2.05) is 12.1 Å². The number of fused-ring (bicyclic) bond motifs is 1. The number of aryl methyl sites for hydroxylation is 1. The van der Waals surface area contributed by atoms with E-state index >= 15 is 0 Å². The summed E-state index contributed by atoms with van der Waals surface area (Å²) in [5, 5.41) is 19.1. The average molecular weight is 533 g/mol. The first-order chi connectivity index (χ1) is 18.5. The zero-order chi connectivity index (χ0) is 26.6. The van der Waals surface area contributed by atoms with Crippen LogP contribution in [0.15, 0.2) is 36.5 Å². The van der Waals surface area contributed by atoms with E-state index in [2.05, 4.69) is 25.9 Å². The zero-order valence-electron chi connectivity index (χ0n) is 20.6. The lowest BCUT2D eigenvalue weighted by atomic mass is 10.1. The molecule has 0 bridgehead atoms. The summed E-state index contributed by atoms with van der Waals surface area (Å²) in [7, 11) is 1.48. The van der Waals surface area contributed by atoms with E-state index in [-0.39, 0.29) is 40.1 Å². The predicted molar refractivity (Wildman–Crippen MR) is 141 cm³/mol. The number of hydrogen-bond donors (Lipinski definition) is 3. The average Bonchev–Trinajstić information content (AvgIpc) is 3.31. The molecule has 1 aromatic heterocycles. The number of ketones is 1. The van der Waals surface area contributed by atoms with Gasteiger partial charge in [0.05, 0.1) is 35.1 Å². The Morgan fingerprint density at radius 3 is 2.79 bits per heavy atom. The van der Waals surface area contributed by atoms with Crippen LogP contribution in [0.4, 0.5) is 11.6 Å². The summed E-state index contributed by atoms with van der Waals surface area (Å²) in [4.78, 5) is 33.8. The second kappa shape index (κ2) is 11.0. The first-order valence-electron chi connectivity index (χ1n) is 12.2. The predicted octanol–water partition coefficient (Wildman–Crippen LogP) is 4.16. The van der Waals surface area contributed by atoms with E-state index in [1.54, 1.807) is 24.3 Å². The Labute approximate surface area is 224 Å². The summed E-state index contributed by atoms with van der Waals surface area (Å²) in [6.07, 6.45) is 4.09. The van der Waals surface area contributed by atoms with E-state index in [1.165, 1.54) is 13.3 Å². The van der Waals surface area contributed by atoms with Crippen molar-refractivity contribution in [3.63, 3.8) is 0 Å². The van der Waals surface area contributed by atoms with Gasteiger partial charge in [-0.15, -0.1) is 0 Å². The normalized spacial score (nSPS) is 14.9. The van der Waals surface area contributed by atoms with Crippen LogP contribution in [0.1, 0.15) is 51.1 Å². The van der Waals surface area contributed by atoms with E-state index in [0.29, 0.717) is 41.2 Å². The summed E-state index contributed by atoms with van der Waals surface area (Å²) in [5.74, 6) is 0.523. The van der Waals surface area contributed by atoms with E-state index in [0.717, 1.165) is 31.5 Å². The van der Waals surface area contributed by atoms with Crippen LogP contribution in [-0.2, 0) is 6.42 Å². The number of amides is 1. The summed E-state index contributed by atoms with van der Waals surface area (Å²) in [6, 6.07) is 10.6. The topological polar surface area (TPSA) is 138 Å². The number of nitrogens with one attached hydrogen (secondary N) is 3. The second-order valence-electron chi connectivity index (χ2n) is 8.99. The molecule has 3 aromatic rings. The van der Waals surface area contributed by atoms with Crippen molar-refractivity contribution in [1.82, 2.24) is 20.6 Å². The molecule has 1 saturated heterocycles. The van der Waals surface area contributed by atoms with Crippen LogP contribution in [0.2, 0.25) is 5.02 Å². The van der Waals surface area contributed by atoms with Gasteiger partial charge in [0.15, 0.2) is 5.78 Å². The van der Waals surface area contributed by atoms with Crippen LogP contribution >= 0.6 is 11.6 Å². The molecule has 3 N–H and O–H groups in total. The highest BCUT2D eigenvalue weighted by Crippen LogP contribution is 2.36. The quantitative estimate of drug-likeness (QED) is 0.409. The van der Waals surface area contributed by atoms with E-state index in [9.17, 15) is 14.9 Å². The van der Waals surface area contributed by atoms with Crippen molar-refractivity contribution in [2.75, 3.05) is 25.5 Å². The molecule has 5 rings (SSSR count). The Morgan fingerprint density at radius 2 is 2.03 bits per heavy atom. The number of ether oxygens (including phenoxy) is 2. The third-order valence-corrected chi connectivity index (χ3v) is 6.86. The number of carbonyl (C=O) groups excluding carboxylic acids is 2. The maximum atomic E-state index is 12.9. The number of rotatable bonds is 7. The molecule has 1 aliphatic carbocycles. The number of benzene rings is 2. The van der Waals surface area contributed by atoms with Gasteiger partial charge in [0.25, 0.3) is 5.91 Å². The molecule has 1 aliphatic heterocycles. The van der Waals surface area contributed by atoms with Crippen LogP contribution in [-0.4, -0.2) is 47.9 Å². The van der Waals surface area contributed by atoms with Gasteiger partial charge < -0.3 is 25.4 Å². The number of Topliss-reactive ketones (excluding diaryl/α,β-unsaturated/α-hetero) is 1. The van der Waals surface area contributed by atoms with Crippen LogP contribution < -0.4 is 25.4 Å². The molecule has 0 saturated carbocycles. The van der Waals surface area contributed by atoms with Gasteiger partial charge in [-0.25, -0.2) is 4.98 Å². The number of methoxy groups -OCH3 is 1. The Morgan fingerprint density at radius 1 is 1.21 bits per heavy atom. The third kappa shape index (κ3) is 5.25. The van der Waals surface area contributed by atoms with Crippen LogP contribution in [0.5, 0.6) is 17.4 Å². The fourth-order valence-corrected chi connectivity index (χ4v) is 4.84. The number of halogens is 1. The van der Waals surface area contributed by atoms with Gasteiger partial charge in [0.1, 0.15) is 23.1 Å². The van der Waals surface area contributed by atoms with Gasteiger partial charge >= 0.3 is 0 Å². The molecule has 0 unspecified atom stereocenters. The number of piperidine rings is 1. The fraction of sp³-hybridized carbons (Fsp3) is 0.296. The smallest absolute Gasteiger partial charge is 0.253 e. The van der Waals surface area contributed by atoms with Gasteiger partial charge in [0.2, 0.25) is 11.8 Å². The lowest BCUT2D eigenvalue weighted by Gasteiger charge is -2.24. The lowest BCUT2D eigenvalue weighted by Crippen LogP contribution is -2.42. The highest BCUT2D eigenvalue weighted by Gasteiger charge is 2.25. The molecule has 38 heavy (non-hydrogen) atoms. The van der Waals surface area contributed by atoms with Crippen LogP contribution in [0.25, 0.3) is 0 Å². The minimum absolute atomic E-state index is 0.00105. The first kappa shape index (κ1) is 25.4. The Kier molecular flexibility index (Phi) is 7.40. The van der Waals surface area contributed by atoms with Gasteiger partial charge in [-0.3, -0.25) is 9.59 Å². The lowest BCUT2D eigenvalue weighted by molar-refractivity contribution is 0.0928. The summed E-state index contributed by atoms with van der Waals surface area (Å²) < 4.78 is 11.4. The number of anilines is 2. The third-order valence-electron chi connectivity index (χ3n) is 6.55. The molecule has 194 valence electrons. The van der Waals surface area contributed by atoms with Crippen LogP contribution in [0.3, 0.4) is 0 Å². The van der Waals surface area contributed by atoms with Crippen LogP contribution in [0, 0.1) is 11.3 Å². The Hall–Kier alpha value is -4.20. The molecule has 0 spiro atoms. The molecule has 10 nitrogen and oxygen atoms in total. The Balaban J connectivity index is 1.40. The fourth-order valence-electron chi connectivity index (χ4n) is 4.59. The van der Waals surface area contributed by atoms with Crippen molar-refractivity contribution < 1.29 is 19.1 Å². The molecule has 1 fully saturated rings. The van der Waals surface area contributed by atoms with Gasteiger partial charge in [-0.1, -0.05) is 23.7 Å². The highest BCUT2D eigenvalue weighted by atomic mass is 35.5. The number of nitriles is 1. The van der Waals surface area contributed by atoms with Gasteiger partial charge in [-0.05, 0) is 56.1 Å². The van der Waals surface area contributed by atoms with Gasteiger partial charge in [0, 0.05) is 12.5 Å². The number of carbonyl (C=O) groups is 2. The molecule has 0 atom stereocenters. The molecule has 0 radical (unpaired) electrons. The molecule has 2 aromatic carbocycles. The van der Waals surface area contributed by atoms with Crippen molar-refractivity contribution >= 4 is 34.9 Å². The highest BCUT2D eigenvalue weighted by molar-refractivity contribution is 6.34. The number of hydrogen-bond acceptors (Lipinski definition) is 9. The summed E-state index contributed by atoms with van der Waals surface area (Å²) in [5.41, 5.74) is 2.23. The molecular formula is C27H25ClN6O4. The maximum absolute atomic E-state index is 12.9. The Bertz CT molecular complexity index is 1450. The zero-order valence-corrected chi connectivity index (χ0v) is 21.4. The van der Waals surface area contributed by atoms with Gasteiger partial charge in [-0.2, -0.15) is 10.2 Å². The standard InChI is InChI=1S/C27H25ClN6O4/c1-37-23-11-18(25(36)32-17-7-9-30-10-8-17)19(28)12-20(23)33-27-31-14-16(13-29)26(34-27)38-22-4-2-3-15-5-6-21(35)24(15)22/h2-4,11-12,14,17,30H,5-10H2,1H3,(H,32,36)(H,31,33,34). The molecule has 2 heterocycles. The SMILES string of the molecule is COc1cc(C(=O)NC2CCNCC2)c(Cl)cc1Nc1ncc(C#N)c(Oc2cccc3c2C(=O)CC3)n1. The largest absolute Gasteiger partial charge is 0.495 e. The monoisotopic (exact) mass is 532 g/mol. The maximum Gasteiger partial charge on any atom is 0.253 e. The van der Waals surface area contributed by atoms with Crippen molar-refractivity contribution in [2.45, 2.75) is 31.7 Å². The first-order valence-corrected chi connectivity index (χ1v) is 12.6. The van der Waals surface area contributed by atoms with E-state index < -0.39 is 0 Å². The molecule has 2 aliphatic rings. The molecule has 11 heteroatoms.